The van der Waals surface area contributed by atoms with Crippen molar-refractivity contribution in [2.75, 3.05) is 13.2 Å². The number of allylic oxidation sites excluding steroid dienone is 2. The van der Waals surface area contributed by atoms with Gasteiger partial charge in [0.2, 0.25) is 0 Å². The summed E-state index contributed by atoms with van der Waals surface area (Å²) >= 11 is 0. The van der Waals surface area contributed by atoms with Crippen LogP contribution in [0.1, 0.15) is 72.1 Å². The van der Waals surface area contributed by atoms with Crippen LogP contribution in [-0.4, -0.2) is 19.5 Å². The summed E-state index contributed by atoms with van der Waals surface area (Å²) in [5, 5.41) is 0. The van der Waals surface area contributed by atoms with Crippen LogP contribution in [0.25, 0.3) is 0 Å². The first-order chi connectivity index (χ1) is 10.7. The molecule has 2 atom stereocenters. The van der Waals surface area contributed by atoms with E-state index in [1.807, 2.05) is 0 Å². The fourth-order valence-electron chi connectivity index (χ4n) is 3.87. The second kappa shape index (κ2) is 9.72. The summed E-state index contributed by atoms with van der Waals surface area (Å²) < 4.78 is 12.3. The van der Waals surface area contributed by atoms with Gasteiger partial charge in [0.1, 0.15) is 0 Å². The molecule has 1 fully saturated rings. The molecule has 2 aliphatic carbocycles. The second-order valence-electron chi connectivity index (χ2n) is 7.64. The SMILES string of the molecule is CCCOC(OCC1CCC(C(C)C)CC1)C1CC=CCC1. The van der Waals surface area contributed by atoms with Crippen LogP contribution in [0.3, 0.4) is 0 Å². The van der Waals surface area contributed by atoms with Crippen molar-refractivity contribution >= 4 is 0 Å². The van der Waals surface area contributed by atoms with Crippen molar-refractivity contribution in [3.8, 4) is 0 Å². The first-order valence-corrected chi connectivity index (χ1v) is 9.58. The number of hydrogen-bond acceptors (Lipinski definition) is 2. The van der Waals surface area contributed by atoms with Gasteiger partial charge in [-0.3, -0.25) is 0 Å². The quantitative estimate of drug-likeness (QED) is 0.431. The third-order valence-corrected chi connectivity index (χ3v) is 5.51. The monoisotopic (exact) mass is 308 g/mol. The zero-order chi connectivity index (χ0) is 15.8. The van der Waals surface area contributed by atoms with Crippen molar-refractivity contribution in [1.82, 2.24) is 0 Å². The Morgan fingerprint density at radius 1 is 0.955 bits per heavy atom. The normalized spacial score (nSPS) is 30.6. The summed E-state index contributed by atoms with van der Waals surface area (Å²) in [6, 6.07) is 0. The number of rotatable bonds is 8. The van der Waals surface area contributed by atoms with Gasteiger partial charge in [-0.05, 0) is 69.1 Å². The molecule has 0 amide bonds. The highest BCUT2D eigenvalue weighted by Gasteiger charge is 2.27. The Morgan fingerprint density at radius 2 is 1.73 bits per heavy atom. The molecule has 2 unspecified atom stereocenters. The van der Waals surface area contributed by atoms with Gasteiger partial charge < -0.3 is 9.47 Å². The lowest BCUT2D eigenvalue weighted by Crippen LogP contribution is -2.31. The number of ether oxygens (including phenoxy) is 2. The van der Waals surface area contributed by atoms with E-state index in [0.29, 0.717) is 5.92 Å². The van der Waals surface area contributed by atoms with Crippen molar-refractivity contribution in [2.24, 2.45) is 23.7 Å². The molecular formula is C20H36O2. The molecule has 2 heteroatoms. The molecule has 1 saturated carbocycles. The Balaban J connectivity index is 1.74. The molecule has 0 aromatic carbocycles. The van der Waals surface area contributed by atoms with Crippen molar-refractivity contribution < 1.29 is 9.47 Å². The molecule has 0 saturated heterocycles. The van der Waals surface area contributed by atoms with E-state index in [0.717, 1.165) is 43.8 Å². The molecule has 0 bridgehead atoms. The Hall–Kier alpha value is -0.340. The van der Waals surface area contributed by atoms with E-state index in [-0.39, 0.29) is 6.29 Å². The van der Waals surface area contributed by atoms with Gasteiger partial charge in [-0.1, -0.05) is 32.9 Å². The van der Waals surface area contributed by atoms with E-state index in [4.69, 9.17) is 9.47 Å². The lowest BCUT2D eigenvalue weighted by atomic mass is 9.77. The van der Waals surface area contributed by atoms with Crippen molar-refractivity contribution in [2.45, 2.75) is 78.4 Å². The van der Waals surface area contributed by atoms with E-state index in [2.05, 4.69) is 32.9 Å². The summed E-state index contributed by atoms with van der Waals surface area (Å²) in [5.74, 6) is 3.09. The van der Waals surface area contributed by atoms with Crippen LogP contribution in [-0.2, 0) is 9.47 Å². The Bertz CT molecular complexity index is 316. The average molecular weight is 309 g/mol. The van der Waals surface area contributed by atoms with Crippen LogP contribution in [0, 0.1) is 23.7 Å². The van der Waals surface area contributed by atoms with Crippen LogP contribution < -0.4 is 0 Å². The number of hydrogen-bond donors (Lipinski definition) is 0. The second-order valence-corrected chi connectivity index (χ2v) is 7.64. The third kappa shape index (κ3) is 5.70. The van der Waals surface area contributed by atoms with Gasteiger partial charge in [0, 0.05) is 12.5 Å². The first-order valence-electron chi connectivity index (χ1n) is 9.58. The van der Waals surface area contributed by atoms with E-state index < -0.39 is 0 Å². The minimum Gasteiger partial charge on any atom is -0.352 e. The maximum atomic E-state index is 6.26. The fourth-order valence-corrected chi connectivity index (χ4v) is 3.87. The maximum Gasteiger partial charge on any atom is 0.160 e. The zero-order valence-electron chi connectivity index (χ0n) is 14.9. The molecule has 0 spiro atoms. The minimum absolute atomic E-state index is 0.0210. The van der Waals surface area contributed by atoms with Gasteiger partial charge in [-0.15, -0.1) is 0 Å². The average Bonchev–Trinajstić information content (AvgIpc) is 2.56. The fraction of sp³-hybridized carbons (Fsp3) is 0.900. The molecule has 0 aliphatic heterocycles. The molecule has 22 heavy (non-hydrogen) atoms. The topological polar surface area (TPSA) is 18.5 Å². The highest BCUT2D eigenvalue weighted by molar-refractivity contribution is 4.91. The third-order valence-electron chi connectivity index (χ3n) is 5.51. The molecule has 0 N–H and O–H groups in total. The van der Waals surface area contributed by atoms with Crippen LogP contribution in [0.4, 0.5) is 0 Å². The van der Waals surface area contributed by atoms with Crippen molar-refractivity contribution in [1.29, 1.82) is 0 Å². The highest BCUT2D eigenvalue weighted by Crippen LogP contribution is 2.34. The lowest BCUT2D eigenvalue weighted by molar-refractivity contribution is -0.182. The van der Waals surface area contributed by atoms with Gasteiger partial charge in [-0.2, -0.15) is 0 Å². The molecule has 128 valence electrons. The van der Waals surface area contributed by atoms with Crippen molar-refractivity contribution in [3.05, 3.63) is 12.2 Å². The van der Waals surface area contributed by atoms with Crippen LogP contribution in [0.5, 0.6) is 0 Å². The maximum absolute atomic E-state index is 6.26. The predicted octanol–water partition coefficient (Wildman–Crippen LogP) is 5.57. The van der Waals surface area contributed by atoms with E-state index in [1.165, 1.54) is 38.5 Å². The molecule has 0 aromatic heterocycles. The largest absolute Gasteiger partial charge is 0.352 e. The van der Waals surface area contributed by atoms with Gasteiger partial charge in [0.05, 0.1) is 6.61 Å². The summed E-state index contributed by atoms with van der Waals surface area (Å²) in [4.78, 5) is 0. The molecule has 2 aliphatic rings. The van der Waals surface area contributed by atoms with E-state index in [9.17, 15) is 0 Å². The molecule has 0 aromatic rings. The molecular weight excluding hydrogens is 272 g/mol. The van der Waals surface area contributed by atoms with Gasteiger partial charge in [-0.25, -0.2) is 0 Å². The summed E-state index contributed by atoms with van der Waals surface area (Å²) in [5.41, 5.74) is 0. The van der Waals surface area contributed by atoms with E-state index in [1.54, 1.807) is 0 Å². The smallest absolute Gasteiger partial charge is 0.160 e. The van der Waals surface area contributed by atoms with Gasteiger partial charge in [0.25, 0.3) is 0 Å². The predicted molar refractivity (Wildman–Crippen MR) is 92.8 cm³/mol. The first kappa shape index (κ1) is 18.0. The zero-order valence-corrected chi connectivity index (χ0v) is 14.9. The minimum atomic E-state index is 0.0210. The van der Waals surface area contributed by atoms with Crippen molar-refractivity contribution in [3.63, 3.8) is 0 Å². The highest BCUT2D eigenvalue weighted by atomic mass is 16.7. The molecule has 0 heterocycles. The molecule has 0 radical (unpaired) electrons. The van der Waals surface area contributed by atoms with Crippen LogP contribution in [0.2, 0.25) is 0 Å². The Labute approximate surface area is 137 Å². The summed E-state index contributed by atoms with van der Waals surface area (Å²) in [6.07, 6.45) is 14.7. The van der Waals surface area contributed by atoms with Crippen LogP contribution >= 0.6 is 0 Å². The molecule has 2 nitrogen and oxygen atoms in total. The molecule has 2 rings (SSSR count). The summed E-state index contributed by atoms with van der Waals surface area (Å²) in [7, 11) is 0. The lowest BCUT2D eigenvalue weighted by Gasteiger charge is -2.33. The summed E-state index contributed by atoms with van der Waals surface area (Å²) in [6.45, 7) is 8.63. The Morgan fingerprint density at radius 3 is 2.32 bits per heavy atom. The standard InChI is InChI=1S/C20H36O2/c1-4-14-21-20(19-8-6-5-7-9-19)22-15-17-10-12-18(13-11-17)16(2)3/h5-6,16-20H,4,7-15H2,1-3H3. The van der Waals surface area contributed by atoms with Gasteiger partial charge >= 0.3 is 0 Å². The van der Waals surface area contributed by atoms with Gasteiger partial charge in [0.15, 0.2) is 6.29 Å². The van der Waals surface area contributed by atoms with Crippen LogP contribution in [0.15, 0.2) is 12.2 Å². The van der Waals surface area contributed by atoms with E-state index >= 15 is 0 Å². The Kier molecular flexibility index (Phi) is 7.96.